The Kier molecular flexibility index (Phi) is 3.26. The Morgan fingerprint density at radius 1 is 1.24 bits per heavy atom. The Balaban J connectivity index is 2.13. The van der Waals surface area contributed by atoms with Gasteiger partial charge in [-0.25, -0.2) is 22.6 Å². The Labute approximate surface area is 122 Å². The average molecular weight is 305 g/mol. The molecule has 0 aliphatic carbocycles. The molecule has 2 aromatic heterocycles. The summed E-state index contributed by atoms with van der Waals surface area (Å²) >= 11 is 0. The maximum absolute atomic E-state index is 11.3. The lowest BCUT2D eigenvalue weighted by molar-refractivity contribution is 0.587. The molecule has 1 aromatic carbocycles. The van der Waals surface area contributed by atoms with Crippen molar-refractivity contribution in [2.24, 2.45) is 0 Å². The van der Waals surface area contributed by atoms with E-state index < -0.39 is 10.0 Å². The number of fused-ring (bicyclic) bond motifs is 1. The van der Waals surface area contributed by atoms with E-state index in [9.17, 15) is 8.42 Å². The van der Waals surface area contributed by atoms with Gasteiger partial charge in [0, 0.05) is 5.56 Å². The highest BCUT2D eigenvalue weighted by molar-refractivity contribution is 7.88. The van der Waals surface area contributed by atoms with Crippen LogP contribution >= 0.6 is 0 Å². The van der Waals surface area contributed by atoms with Gasteiger partial charge in [-0.3, -0.25) is 5.10 Å². The van der Waals surface area contributed by atoms with Crippen LogP contribution in [0.15, 0.2) is 30.3 Å². The number of sulfonamides is 1. The van der Waals surface area contributed by atoms with E-state index >= 15 is 0 Å². The number of aromatic amines is 1. The summed E-state index contributed by atoms with van der Waals surface area (Å²) < 4.78 is 26.8. The molecular weight excluding hydrogens is 290 g/mol. The number of imidazole rings is 1. The zero-order chi connectivity index (χ0) is 15.0. The van der Waals surface area contributed by atoms with Crippen molar-refractivity contribution in [2.75, 3.05) is 6.26 Å². The van der Waals surface area contributed by atoms with Gasteiger partial charge < -0.3 is 0 Å². The van der Waals surface area contributed by atoms with E-state index in [1.807, 2.05) is 37.3 Å². The molecule has 0 spiro atoms. The van der Waals surface area contributed by atoms with E-state index in [4.69, 9.17) is 0 Å². The van der Waals surface area contributed by atoms with Gasteiger partial charge in [0.15, 0.2) is 0 Å². The van der Waals surface area contributed by atoms with Gasteiger partial charge in [-0.15, -0.1) is 0 Å². The summed E-state index contributed by atoms with van der Waals surface area (Å²) in [5.41, 5.74) is 2.38. The van der Waals surface area contributed by atoms with Crippen LogP contribution < -0.4 is 4.72 Å². The van der Waals surface area contributed by atoms with Crippen molar-refractivity contribution in [3.63, 3.8) is 0 Å². The van der Waals surface area contributed by atoms with Crippen LogP contribution in [-0.4, -0.2) is 34.3 Å². The maximum Gasteiger partial charge on any atom is 0.251 e. The minimum Gasteiger partial charge on any atom is -0.278 e. The molecule has 0 amide bonds. The van der Waals surface area contributed by atoms with E-state index in [1.165, 1.54) is 0 Å². The third-order valence-electron chi connectivity index (χ3n) is 3.02. The molecule has 2 N–H and O–H groups in total. The molecule has 2 heterocycles. The molecule has 0 fully saturated rings. The monoisotopic (exact) mass is 305 g/mol. The first-order valence-electron chi connectivity index (χ1n) is 6.38. The number of hydrogen-bond donors (Lipinski definition) is 2. The topological polar surface area (TPSA) is 92.2 Å². The van der Waals surface area contributed by atoms with Crippen molar-refractivity contribution in [3.05, 3.63) is 41.9 Å². The smallest absolute Gasteiger partial charge is 0.251 e. The summed E-state index contributed by atoms with van der Waals surface area (Å²) in [6.07, 6.45) is 1.12. The summed E-state index contributed by atoms with van der Waals surface area (Å²) in [6, 6.07) is 9.67. The largest absolute Gasteiger partial charge is 0.278 e. The third-order valence-corrected chi connectivity index (χ3v) is 3.69. The van der Waals surface area contributed by atoms with Crippen LogP contribution in [0.3, 0.4) is 0 Å². The number of benzene rings is 1. The van der Waals surface area contributed by atoms with Gasteiger partial charge in [-0.1, -0.05) is 30.3 Å². The molecule has 0 aliphatic rings. The van der Waals surface area contributed by atoms with Crippen LogP contribution in [0.1, 0.15) is 11.5 Å². The number of nitrogens with one attached hydrogen (secondary N) is 2. The first-order chi connectivity index (χ1) is 9.94. The van der Waals surface area contributed by atoms with Crippen LogP contribution in [0.25, 0.3) is 17.0 Å². The van der Waals surface area contributed by atoms with E-state index in [-0.39, 0.29) is 6.54 Å². The summed E-state index contributed by atoms with van der Waals surface area (Å²) in [4.78, 5) is 8.69. The van der Waals surface area contributed by atoms with E-state index in [0.717, 1.165) is 23.3 Å². The molecule has 0 radical (unpaired) electrons. The lowest BCUT2D eigenvalue weighted by Gasteiger charge is -2.05. The molecule has 3 aromatic rings. The number of H-pyrrole nitrogens is 1. The van der Waals surface area contributed by atoms with Gasteiger partial charge in [-0.05, 0) is 6.92 Å². The van der Waals surface area contributed by atoms with Gasteiger partial charge in [0.2, 0.25) is 10.0 Å². The first kappa shape index (κ1) is 13.8. The van der Waals surface area contributed by atoms with Crippen molar-refractivity contribution < 1.29 is 8.42 Å². The second-order valence-corrected chi connectivity index (χ2v) is 6.64. The van der Waals surface area contributed by atoms with E-state index in [1.54, 1.807) is 4.52 Å². The fraction of sp³-hybridized carbons (Fsp3) is 0.231. The van der Waals surface area contributed by atoms with Gasteiger partial charge in [-0.2, -0.15) is 4.98 Å². The number of hydrogen-bond acceptors (Lipinski definition) is 4. The Hall–Kier alpha value is -2.19. The van der Waals surface area contributed by atoms with Crippen molar-refractivity contribution in [3.8, 4) is 11.3 Å². The molecule has 8 heteroatoms. The van der Waals surface area contributed by atoms with Crippen molar-refractivity contribution >= 4 is 15.8 Å². The van der Waals surface area contributed by atoms with Crippen molar-refractivity contribution in [1.82, 2.24) is 24.3 Å². The molecule has 7 nitrogen and oxygen atoms in total. The first-order valence-corrected chi connectivity index (χ1v) is 8.27. The van der Waals surface area contributed by atoms with Crippen LogP contribution in [0, 0.1) is 6.92 Å². The molecular formula is C13H15N5O2S. The molecule has 0 aliphatic heterocycles. The lowest BCUT2D eigenvalue weighted by Crippen LogP contribution is -2.21. The predicted octanol–water partition coefficient (Wildman–Crippen LogP) is 1.08. The molecule has 0 atom stereocenters. The molecule has 0 bridgehead atoms. The highest BCUT2D eigenvalue weighted by Crippen LogP contribution is 2.24. The summed E-state index contributed by atoms with van der Waals surface area (Å²) in [7, 11) is -3.28. The number of nitrogens with zero attached hydrogens (tertiary/aromatic N) is 3. The zero-order valence-electron chi connectivity index (χ0n) is 11.7. The fourth-order valence-corrected chi connectivity index (χ4v) is 2.58. The van der Waals surface area contributed by atoms with E-state index in [0.29, 0.717) is 11.5 Å². The van der Waals surface area contributed by atoms with Gasteiger partial charge in [0.25, 0.3) is 5.78 Å². The standard InChI is InChI=1S/C13H15N5O2S/c1-9-15-13-16-11(8-14-21(2,19)20)12(18(13)17-9)10-6-4-3-5-7-10/h3-7,14H,8H2,1-2H3,(H,15,16,17). The van der Waals surface area contributed by atoms with Crippen LogP contribution in [-0.2, 0) is 16.6 Å². The zero-order valence-corrected chi connectivity index (χ0v) is 12.5. The van der Waals surface area contributed by atoms with Crippen molar-refractivity contribution in [2.45, 2.75) is 13.5 Å². The van der Waals surface area contributed by atoms with Gasteiger partial charge in [0.1, 0.15) is 5.82 Å². The van der Waals surface area contributed by atoms with Crippen LogP contribution in [0.4, 0.5) is 0 Å². The summed E-state index contributed by atoms with van der Waals surface area (Å²) in [5.74, 6) is 1.27. The highest BCUT2D eigenvalue weighted by atomic mass is 32.2. The third kappa shape index (κ3) is 2.81. The molecule has 0 unspecified atom stereocenters. The summed E-state index contributed by atoms with van der Waals surface area (Å²) in [5, 5.41) is 3.11. The van der Waals surface area contributed by atoms with Gasteiger partial charge in [0.05, 0.1) is 24.2 Å². The van der Waals surface area contributed by atoms with Crippen molar-refractivity contribution in [1.29, 1.82) is 0 Å². The Morgan fingerprint density at radius 2 is 1.95 bits per heavy atom. The quantitative estimate of drug-likeness (QED) is 0.754. The maximum atomic E-state index is 11.3. The number of rotatable bonds is 4. The number of aromatic nitrogens is 4. The number of aryl methyl sites for hydroxylation is 1. The SMILES string of the molecule is Cc1nc2nc(CNS(C)(=O)=O)c(-c3ccccc3)n2[nH]1. The van der Waals surface area contributed by atoms with Crippen LogP contribution in [0.5, 0.6) is 0 Å². The fourth-order valence-electron chi connectivity index (χ4n) is 2.18. The second kappa shape index (κ2) is 4.97. The molecule has 3 rings (SSSR count). The molecule has 21 heavy (non-hydrogen) atoms. The lowest BCUT2D eigenvalue weighted by atomic mass is 10.1. The minimum atomic E-state index is -3.28. The predicted molar refractivity (Wildman–Crippen MR) is 79.2 cm³/mol. The Morgan fingerprint density at radius 3 is 2.62 bits per heavy atom. The van der Waals surface area contributed by atoms with Gasteiger partial charge >= 0.3 is 0 Å². The second-order valence-electron chi connectivity index (χ2n) is 4.81. The molecule has 0 saturated heterocycles. The summed E-state index contributed by atoms with van der Waals surface area (Å²) in [6.45, 7) is 1.97. The molecule has 0 saturated carbocycles. The average Bonchev–Trinajstić information content (AvgIpc) is 2.92. The molecule has 110 valence electrons. The highest BCUT2D eigenvalue weighted by Gasteiger charge is 2.17. The minimum absolute atomic E-state index is 0.124. The normalized spacial score (nSPS) is 12.1. The van der Waals surface area contributed by atoms with E-state index in [2.05, 4.69) is 19.8 Å². The Bertz CT molecular complexity index is 880. The van der Waals surface area contributed by atoms with Crippen LogP contribution in [0.2, 0.25) is 0 Å².